The van der Waals surface area contributed by atoms with E-state index in [0.29, 0.717) is 21.8 Å². The monoisotopic (exact) mass is 339 g/mol. The molecule has 1 N–H and O–H groups in total. The van der Waals surface area contributed by atoms with Crippen LogP contribution in [0.15, 0.2) is 24.4 Å². The van der Waals surface area contributed by atoms with Crippen LogP contribution in [-0.4, -0.2) is 28.3 Å². The first-order valence-corrected chi connectivity index (χ1v) is 8.06. The fourth-order valence-corrected chi connectivity index (χ4v) is 2.36. The van der Waals surface area contributed by atoms with Crippen LogP contribution < -0.4 is 10.2 Å². The van der Waals surface area contributed by atoms with Crippen LogP contribution in [0.2, 0.25) is 10.0 Å². The molecule has 1 aromatic carbocycles. The minimum Gasteiger partial charge on any atom is -0.339 e. The Morgan fingerprint density at radius 2 is 1.82 bits per heavy atom. The van der Waals surface area contributed by atoms with Gasteiger partial charge in [0.05, 0.1) is 16.2 Å². The van der Waals surface area contributed by atoms with Crippen LogP contribution in [0.25, 0.3) is 0 Å². The minimum absolute atomic E-state index is 0.493. The molecule has 1 aromatic heterocycles. The van der Waals surface area contributed by atoms with Crippen molar-refractivity contribution < 1.29 is 0 Å². The van der Waals surface area contributed by atoms with Gasteiger partial charge in [-0.15, -0.1) is 5.10 Å². The van der Waals surface area contributed by atoms with Gasteiger partial charge in [0.25, 0.3) is 0 Å². The van der Waals surface area contributed by atoms with E-state index < -0.39 is 0 Å². The maximum atomic E-state index is 6.02. The number of aromatic nitrogens is 3. The number of nitrogens with zero attached hydrogens (tertiary/aromatic N) is 4. The first kappa shape index (κ1) is 16.8. The molecular weight excluding hydrogens is 321 g/mol. The van der Waals surface area contributed by atoms with Crippen molar-refractivity contribution in [2.24, 2.45) is 0 Å². The molecule has 0 saturated heterocycles. The lowest BCUT2D eigenvalue weighted by Gasteiger charge is -2.21. The fourth-order valence-electron chi connectivity index (χ4n) is 2.06. The Hall–Kier alpha value is -1.59. The Kier molecular flexibility index (Phi) is 6.21. The number of rotatable bonds is 7. The molecule has 0 amide bonds. The quantitative estimate of drug-likeness (QED) is 0.801. The van der Waals surface area contributed by atoms with Crippen LogP contribution in [0.3, 0.4) is 0 Å². The molecule has 0 fully saturated rings. The fraction of sp³-hybridized carbons (Fsp3) is 0.400. The largest absolute Gasteiger partial charge is 0.339 e. The van der Waals surface area contributed by atoms with Crippen LogP contribution in [-0.2, 0) is 0 Å². The molecule has 0 aliphatic rings. The first-order valence-electron chi connectivity index (χ1n) is 7.30. The Bertz CT molecular complexity index is 615. The molecule has 2 rings (SSSR count). The summed E-state index contributed by atoms with van der Waals surface area (Å²) in [4.78, 5) is 6.65. The molecule has 0 aliphatic heterocycles. The summed E-state index contributed by atoms with van der Waals surface area (Å²) in [5.41, 5.74) is 0.804. The van der Waals surface area contributed by atoms with Crippen molar-refractivity contribution in [2.45, 2.75) is 26.7 Å². The summed E-state index contributed by atoms with van der Waals surface area (Å²) in [7, 11) is 0. The molecule has 7 heteroatoms. The normalized spacial score (nSPS) is 10.5. The van der Waals surface area contributed by atoms with Crippen molar-refractivity contribution in [1.82, 2.24) is 15.2 Å². The summed E-state index contributed by atoms with van der Waals surface area (Å²) >= 11 is 11.9. The highest BCUT2D eigenvalue weighted by Gasteiger charge is 2.10. The summed E-state index contributed by atoms with van der Waals surface area (Å²) < 4.78 is 0. The SMILES string of the molecule is CCCN(CCC)c1nncc(Nc2ccc(Cl)c(Cl)c2)n1. The molecule has 0 bridgehead atoms. The zero-order chi connectivity index (χ0) is 15.9. The third-order valence-corrected chi connectivity index (χ3v) is 3.75. The third-order valence-electron chi connectivity index (χ3n) is 3.01. The standard InChI is InChI=1S/C15H19Cl2N5/c1-3-7-22(8-4-2)15-20-14(10-18-21-15)19-11-5-6-12(16)13(17)9-11/h5-6,9-10H,3-4,7-8H2,1-2H3,(H,19,20,21). The average Bonchev–Trinajstić information content (AvgIpc) is 2.51. The van der Waals surface area contributed by atoms with Gasteiger partial charge < -0.3 is 10.2 Å². The smallest absolute Gasteiger partial charge is 0.247 e. The molecule has 0 saturated carbocycles. The van der Waals surface area contributed by atoms with Gasteiger partial charge in [0.2, 0.25) is 5.95 Å². The van der Waals surface area contributed by atoms with Crippen molar-refractivity contribution in [1.29, 1.82) is 0 Å². The lowest BCUT2D eigenvalue weighted by atomic mass is 10.3. The predicted molar refractivity (Wildman–Crippen MR) is 92.4 cm³/mol. The van der Waals surface area contributed by atoms with Crippen molar-refractivity contribution >= 4 is 40.7 Å². The van der Waals surface area contributed by atoms with Gasteiger partial charge in [0.15, 0.2) is 5.82 Å². The average molecular weight is 340 g/mol. The summed E-state index contributed by atoms with van der Waals surface area (Å²) in [6, 6.07) is 5.33. The third kappa shape index (κ3) is 4.45. The summed E-state index contributed by atoms with van der Waals surface area (Å²) in [5.74, 6) is 1.26. The Morgan fingerprint density at radius 3 is 2.45 bits per heavy atom. The van der Waals surface area contributed by atoms with Crippen LogP contribution in [0.4, 0.5) is 17.5 Å². The van der Waals surface area contributed by atoms with E-state index >= 15 is 0 Å². The van der Waals surface area contributed by atoms with Crippen LogP contribution in [0, 0.1) is 0 Å². The van der Waals surface area contributed by atoms with Gasteiger partial charge in [0.1, 0.15) is 0 Å². The molecule has 0 aliphatic carbocycles. The summed E-state index contributed by atoms with van der Waals surface area (Å²) in [5, 5.41) is 12.3. The molecule has 1 heterocycles. The number of halogens is 2. The Labute approximate surface area is 140 Å². The van der Waals surface area contributed by atoms with Crippen molar-refractivity contribution in [3.8, 4) is 0 Å². The van der Waals surface area contributed by atoms with Gasteiger partial charge in [-0.05, 0) is 31.0 Å². The van der Waals surface area contributed by atoms with E-state index in [2.05, 4.69) is 39.2 Å². The van der Waals surface area contributed by atoms with E-state index in [-0.39, 0.29) is 0 Å². The van der Waals surface area contributed by atoms with Crippen molar-refractivity contribution in [3.05, 3.63) is 34.4 Å². The number of anilines is 3. The molecule has 5 nitrogen and oxygen atoms in total. The van der Waals surface area contributed by atoms with Gasteiger partial charge in [-0.1, -0.05) is 37.0 Å². The topological polar surface area (TPSA) is 53.9 Å². The molecule has 0 atom stereocenters. The predicted octanol–water partition coefficient (Wildman–Crippen LogP) is 4.55. The van der Waals surface area contributed by atoms with E-state index in [1.807, 2.05) is 6.07 Å². The second-order valence-electron chi connectivity index (χ2n) is 4.88. The van der Waals surface area contributed by atoms with Gasteiger partial charge in [-0.2, -0.15) is 10.1 Å². The van der Waals surface area contributed by atoms with Crippen molar-refractivity contribution in [2.75, 3.05) is 23.3 Å². The summed E-state index contributed by atoms with van der Waals surface area (Å²) in [6.07, 6.45) is 3.66. The second-order valence-corrected chi connectivity index (χ2v) is 5.70. The second kappa shape index (κ2) is 8.15. The van der Waals surface area contributed by atoms with E-state index in [4.69, 9.17) is 23.2 Å². The van der Waals surface area contributed by atoms with Gasteiger partial charge in [0, 0.05) is 18.8 Å². The zero-order valence-corrected chi connectivity index (χ0v) is 14.2. The molecular formula is C15H19Cl2N5. The van der Waals surface area contributed by atoms with Gasteiger partial charge >= 0.3 is 0 Å². The van der Waals surface area contributed by atoms with Crippen LogP contribution in [0.5, 0.6) is 0 Å². The Morgan fingerprint density at radius 1 is 1.09 bits per heavy atom. The number of benzene rings is 1. The lowest BCUT2D eigenvalue weighted by molar-refractivity contribution is 0.711. The van der Waals surface area contributed by atoms with E-state index in [1.54, 1.807) is 18.3 Å². The van der Waals surface area contributed by atoms with E-state index in [9.17, 15) is 0 Å². The molecule has 0 radical (unpaired) electrons. The molecule has 22 heavy (non-hydrogen) atoms. The van der Waals surface area contributed by atoms with Crippen molar-refractivity contribution in [3.63, 3.8) is 0 Å². The van der Waals surface area contributed by atoms with E-state index in [1.165, 1.54) is 0 Å². The van der Waals surface area contributed by atoms with Gasteiger partial charge in [-0.3, -0.25) is 0 Å². The molecule has 0 spiro atoms. The maximum absolute atomic E-state index is 6.02. The Balaban J connectivity index is 2.18. The highest BCUT2D eigenvalue weighted by atomic mass is 35.5. The first-order chi connectivity index (χ1) is 10.6. The number of hydrogen-bond acceptors (Lipinski definition) is 5. The maximum Gasteiger partial charge on any atom is 0.247 e. The number of nitrogens with one attached hydrogen (secondary N) is 1. The lowest BCUT2D eigenvalue weighted by Crippen LogP contribution is -2.27. The summed E-state index contributed by atoms with van der Waals surface area (Å²) in [6.45, 7) is 6.08. The number of hydrogen-bond donors (Lipinski definition) is 1. The molecule has 2 aromatic rings. The van der Waals surface area contributed by atoms with E-state index in [0.717, 1.165) is 31.6 Å². The highest BCUT2D eigenvalue weighted by Crippen LogP contribution is 2.26. The van der Waals surface area contributed by atoms with Crippen LogP contribution in [0.1, 0.15) is 26.7 Å². The highest BCUT2D eigenvalue weighted by molar-refractivity contribution is 6.42. The molecule has 0 unspecified atom stereocenters. The molecule has 118 valence electrons. The van der Waals surface area contributed by atoms with Crippen LogP contribution >= 0.6 is 23.2 Å². The minimum atomic E-state index is 0.493. The van der Waals surface area contributed by atoms with Gasteiger partial charge in [-0.25, -0.2) is 0 Å². The zero-order valence-electron chi connectivity index (χ0n) is 12.7.